The van der Waals surface area contributed by atoms with Gasteiger partial charge in [0.2, 0.25) is 0 Å². The largest absolute Gasteiger partial charge is 0.334 e. The molecule has 19 heavy (non-hydrogen) atoms. The van der Waals surface area contributed by atoms with Crippen molar-refractivity contribution in [3.05, 3.63) is 30.1 Å². The summed E-state index contributed by atoms with van der Waals surface area (Å²) in [5.74, 6) is -0.597. The van der Waals surface area contributed by atoms with Crippen LogP contribution in [0.15, 0.2) is 24.4 Å². The molecule has 2 N–H and O–H groups in total. The Morgan fingerprint density at radius 1 is 1.37 bits per heavy atom. The first-order valence-electron chi connectivity index (χ1n) is 5.95. The predicted molar refractivity (Wildman–Crippen MR) is 64.2 cm³/mol. The number of nitrogens with one attached hydrogen (secondary N) is 2. The van der Waals surface area contributed by atoms with Gasteiger partial charge >= 0.3 is 6.03 Å². The molecule has 2 aliphatic heterocycles. The highest BCUT2D eigenvalue weighted by Gasteiger charge is 2.51. The van der Waals surface area contributed by atoms with Gasteiger partial charge in [0.1, 0.15) is 11.2 Å². The van der Waals surface area contributed by atoms with E-state index >= 15 is 0 Å². The third kappa shape index (κ3) is 1.83. The highest BCUT2D eigenvalue weighted by Crippen LogP contribution is 2.25. The zero-order valence-corrected chi connectivity index (χ0v) is 10.0. The second kappa shape index (κ2) is 4.04. The number of amides is 4. The van der Waals surface area contributed by atoms with E-state index in [4.69, 9.17) is 0 Å². The Kier molecular flexibility index (Phi) is 2.48. The first-order chi connectivity index (χ1) is 9.11. The monoisotopic (exact) mass is 260 g/mol. The van der Waals surface area contributed by atoms with Crippen molar-refractivity contribution < 1.29 is 14.4 Å². The molecule has 98 valence electrons. The lowest BCUT2D eigenvalue weighted by Gasteiger charge is -2.20. The fourth-order valence-corrected chi connectivity index (χ4v) is 2.45. The quantitative estimate of drug-likeness (QED) is 0.666. The molecular formula is C12H12N4O3. The summed E-state index contributed by atoms with van der Waals surface area (Å²) in [5, 5.41) is 4.81. The van der Waals surface area contributed by atoms with Crippen molar-refractivity contribution in [3.63, 3.8) is 0 Å². The Morgan fingerprint density at radius 3 is 2.84 bits per heavy atom. The maximum atomic E-state index is 12.2. The van der Waals surface area contributed by atoms with E-state index in [1.165, 1.54) is 4.90 Å². The maximum Gasteiger partial charge on any atom is 0.322 e. The lowest BCUT2D eigenvalue weighted by atomic mass is 10.00. The van der Waals surface area contributed by atoms with Crippen molar-refractivity contribution in [2.75, 3.05) is 13.1 Å². The maximum absolute atomic E-state index is 12.2. The van der Waals surface area contributed by atoms with Gasteiger partial charge in [-0.3, -0.25) is 19.9 Å². The van der Waals surface area contributed by atoms with Crippen molar-refractivity contribution >= 4 is 17.8 Å². The van der Waals surface area contributed by atoms with Crippen LogP contribution in [0.4, 0.5) is 4.79 Å². The molecule has 1 atom stereocenters. The van der Waals surface area contributed by atoms with Gasteiger partial charge in [-0.1, -0.05) is 6.07 Å². The molecule has 2 saturated heterocycles. The molecule has 3 heterocycles. The second-order valence-electron chi connectivity index (χ2n) is 4.68. The van der Waals surface area contributed by atoms with E-state index in [2.05, 4.69) is 15.6 Å². The standard InChI is InChI=1S/C12H12N4O3/c17-9(8-3-1-2-5-13-8)16-6-4-12(7-16)10(18)14-11(19)15-12/h1-3,5H,4,6-7H2,(H2,14,15,18,19). The number of imide groups is 1. The van der Waals surface area contributed by atoms with Crippen molar-refractivity contribution in [2.45, 2.75) is 12.0 Å². The average molecular weight is 260 g/mol. The molecule has 0 radical (unpaired) electrons. The number of nitrogens with zero attached hydrogens (tertiary/aromatic N) is 2. The van der Waals surface area contributed by atoms with E-state index < -0.39 is 11.6 Å². The molecule has 3 rings (SSSR count). The van der Waals surface area contributed by atoms with Gasteiger partial charge in [-0.2, -0.15) is 0 Å². The van der Waals surface area contributed by atoms with Crippen LogP contribution in [0.2, 0.25) is 0 Å². The number of aromatic nitrogens is 1. The Labute approximate surface area is 109 Å². The number of urea groups is 1. The van der Waals surface area contributed by atoms with Gasteiger partial charge in [0.05, 0.1) is 6.54 Å². The van der Waals surface area contributed by atoms with E-state index in [9.17, 15) is 14.4 Å². The summed E-state index contributed by atoms with van der Waals surface area (Å²) in [6, 6.07) is 4.58. The zero-order valence-electron chi connectivity index (χ0n) is 10.0. The molecule has 7 heteroatoms. The molecule has 1 unspecified atom stereocenters. The second-order valence-corrected chi connectivity index (χ2v) is 4.68. The fourth-order valence-electron chi connectivity index (χ4n) is 2.45. The lowest BCUT2D eigenvalue weighted by molar-refractivity contribution is -0.123. The highest BCUT2D eigenvalue weighted by atomic mass is 16.2. The van der Waals surface area contributed by atoms with Crippen LogP contribution in [0.5, 0.6) is 0 Å². The van der Waals surface area contributed by atoms with Gasteiger partial charge in [0.15, 0.2) is 0 Å². The molecule has 2 fully saturated rings. The fraction of sp³-hybridized carbons (Fsp3) is 0.333. The van der Waals surface area contributed by atoms with Crippen LogP contribution >= 0.6 is 0 Å². The topological polar surface area (TPSA) is 91.4 Å². The Bertz CT molecular complexity index is 559. The Hall–Kier alpha value is -2.44. The molecule has 4 amide bonds. The normalized spacial score (nSPS) is 25.6. The van der Waals surface area contributed by atoms with Crippen molar-refractivity contribution in [3.8, 4) is 0 Å². The van der Waals surface area contributed by atoms with E-state index in [0.29, 0.717) is 18.7 Å². The van der Waals surface area contributed by atoms with Crippen LogP contribution in [-0.4, -0.2) is 46.4 Å². The number of likely N-dealkylation sites (tertiary alicyclic amines) is 1. The third-order valence-electron chi connectivity index (χ3n) is 3.46. The van der Waals surface area contributed by atoms with E-state index in [-0.39, 0.29) is 18.4 Å². The molecule has 2 aliphatic rings. The Balaban J connectivity index is 1.78. The zero-order chi connectivity index (χ0) is 13.5. The summed E-state index contributed by atoms with van der Waals surface area (Å²) in [4.78, 5) is 40.7. The number of rotatable bonds is 1. The molecule has 0 aromatic carbocycles. The van der Waals surface area contributed by atoms with Gasteiger partial charge in [-0.15, -0.1) is 0 Å². The molecule has 1 aromatic rings. The smallest absolute Gasteiger partial charge is 0.322 e. The van der Waals surface area contributed by atoms with Crippen LogP contribution in [0.3, 0.4) is 0 Å². The highest BCUT2D eigenvalue weighted by molar-refractivity contribution is 6.08. The minimum Gasteiger partial charge on any atom is -0.334 e. The minimum atomic E-state index is -0.971. The van der Waals surface area contributed by atoms with E-state index in [1.807, 2.05) is 0 Å². The van der Waals surface area contributed by atoms with Crippen molar-refractivity contribution in [1.29, 1.82) is 0 Å². The molecule has 1 aromatic heterocycles. The van der Waals surface area contributed by atoms with Gasteiger partial charge in [-0.05, 0) is 18.6 Å². The van der Waals surface area contributed by atoms with Gasteiger partial charge in [0, 0.05) is 12.7 Å². The molecule has 0 aliphatic carbocycles. The Morgan fingerprint density at radius 2 is 2.21 bits per heavy atom. The molecule has 7 nitrogen and oxygen atoms in total. The van der Waals surface area contributed by atoms with Gasteiger partial charge in [-0.25, -0.2) is 4.79 Å². The van der Waals surface area contributed by atoms with Crippen LogP contribution < -0.4 is 10.6 Å². The van der Waals surface area contributed by atoms with Gasteiger partial charge < -0.3 is 10.2 Å². The first-order valence-corrected chi connectivity index (χ1v) is 5.95. The van der Waals surface area contributed by atoms with Crippen LogP contribution in [-0.2, 0) is 4.79 Å². The summed E-state index contributed by atoms with van der Waals surface area (Å²) in [5.41, 5.74) is -0.633. The van der Waals surface area contributed by atoms with Crippen LogP contribution in [0, 0.1) is 0 Å². The SMILES string of the molecule is O=C1NC(=O)C2(CCN(C(=O)c3ccccn3)C2)N1. The third-order valence-corrected chi connectivity index (χ3v) is 3.46. The summed E-state index contributed by atoms with van der Waals surface area (Å²) in [6.45, 7) is 0.600. The summed E-state index contributed by atoms with van der Waals surface area (Å²) in [6.07, 6.45) is 1.96. The van der Waals surface area contributed by atoms with Crippen LogP contribution in [0.25, 0.3) is 0 Å². The lowest BCUT2D eigenvalue weighted by Crippen LogP contribution is -2.49. The summed E-state index contributed by atoms with van der Waals surface area (Å²) in [7, 11) is 0. The van der Waals surface area contributed by atoms with E-state index in [0.717, 1.165) is 0 Å². The van der Waals surface area contributed by atoms with Crippen molar-refractivity contribution in [1.82, 2.24) is 20.5 Å². The average Bonchev–Trinajstić information content (AvgIpc) is 2.95. The first kappa shape index (κ1) is 11.6. The molecular weight excluding hydrogens is 248 g/mol. The number of hydrogen-bond donors (Lipinski definition) is 2. The number of carbonyl (C=O) groups is 3. The summed E-state index contributed by atoms with van der Waals surface area (Å²) < 4.78 is 0. The van der Waals surface area contributed by atoms with Gasteiger partial charge in [0.25, 0.3) is 11.8 Å². The molecule has 0 saturated carbocycles. The number of pyridine rings is 1. The minimum absolute atomic E-state index is 0.181. The predicted octanol–water partition coefficient (Wildman–Crippen LogP) is -0.494. The van der Waals surface area contributed by atoms with E-state index in [1.54, 1.807) is 24.4 Å². The number of carbonyl (C=O) groups excluding carboxylic acids is 3. The molecule has 0 bridgehead atoms. The molecule has 1 spiro atoms. The number of hydrogen-bond acceptors (Lipinski definition) is 4. The van der Waals surface area contributed by atoms with Crippen LogP contribution in [0.1, 0.15) is 16.9 Å². The summed E-state index contributed by atoms with van der Waals surface area (Å²) >= 11 is 0. The van der Waals surface area contributed by atoms with Crippen molar-refractivity contribution in [2.24, 2.45) is 0 Å².